The quantitative estimate of drug-likeness (QED) is 0.484. The number of anilines is 1. The summed E-state index contributed by atoms with van der Waals surface area (Å²) in [5.74, 6) is -0.745. The SMILES string of the molecule is CC1(C)OC[C@@H]([C@H]2C(=O)N(c3ccc(F)cc3)[C@H]2c2ccc(OCc3ccccc3)cc2)O1. The Hall–Kier alpha value is -3.22. The van der Waals surface area contributed by atoms with E-state index in [4.69, 9.17) is 14.2 Å². The first kappa shape index (κ1) is 21.6. The van der Waals surface area contributed by atoms with Gasteiger partial charge in [-0.05, 0) is 61.4 Å². The number of hydrogen-bond donors (Lipinski definition) is 0. The minimum Gasteiger partial charge on any atom is -0.489 e. The summed E-state index contributed by atoms with van der Waals surface area (Å²) in [7, 11) is 0. The standard InChI is InChI=1S/C27H26FNO4/c1-27(2)32-17-23(33-27)24-25(29(26(24)30)21-12-10-20(28)11-13-21)19-8-14-22(15-9-19)31-16-18-6-4-3-5-7-18/h3-15,23-25H,16-17H2,1-2H3/t23-,24+,25-/m0/s1. The predicted octanol–water partition coefficient (Wildman–Crippen LogP) is 5.26. The zero-order valence-corrected chi connectivity index (χ0v) is 18.6. The Morgan fingerprint density at radius 3 is 2.33 bits per heavy atom. The number of ether oxygens (including phenoxy) is 3. The normalized spacial score (nSPS) is 23.9. The molecule has 0 saturated carbocycles. The van der Waals surface area contributed by atoms with Crippen LogP contribution < -0.4 is 9.64 Å². The maximum Gasteiger partial charge on any atom is 0.235 e. The molecule has 0 N–H and O–H groups in total. The summed E-state index contributed by atoms with van der Waals surface area (Å²) in [5, 5.41) is 0. The van der Waals surface area contributed by atoms with Crippen molar-refractivity contribution in [3.05, 3.63) is 95.8 Å². The molecule has 0 unspecified atom stereocenters. The summed E-state index contributed by atoms with van der Waals surface area (Å²) >= 11 is 0. The molecular weight excluding hydrogens is 421 g/mol. The van der Waals surface area contributed by atoms with Crippen molar-refractivity contribution < 1.29 is 23.4 Å². The number of β-lactam (4-membered cyclic amide) rings is 1. The zero-order chi connectivity index (χ0) is 23.0. The second kappa shape index (κ2) is 8.61. The van der Waals surface area contributed by atoms with E-state index in [0.717, 1.165) is 16.9 Å². The number of halogens is 1. The smallest absolute Gasteiger partial charge is 0.235 e. The van der Waals surface area contributed by atoms with E-state index < -0.39 is 5.79 Å². The molecule has 33 heavy (non-hydrogen) atoms. The summed E-state index contributed by atoms with van der Waals surface area (Å²) in [6.45, 7) is 4.54. The Bertz CT molecular complexity index is 1120. The molecule has 2 aliphatic heterocycles. The molecule has 3 aromatic carbocycles. The van der Waals surface area contributed by atoms with Gasteiger partial charge in [0.25, 0.3) is 0 Å². The molecule has 2 heterocycles. The van der Waals surface area contributed by atoms with Crippen LogP contribution in [0.3, 0.4) is 0 Å². The molecule has 5 rings (SSSR count). The van der Waals surface area contributed by atoms with Gasteiger partial charge in [-0.2, -0.15) is 0 Å². The van der Waals surface area contributed by atoms with E-state index in [1.807, 2.05) is 68.4 Å². The molecule has 1 amide bonds. The lowest BCUT2D eigenvalue weighted by molar-refractivity contribution is -0.157. The maximum atomic E-state index is 13.5. The van der Waals surface area contributed by atoms with Gasteiger partial charge < -0.3 is 19.1 Å². The van der Waals surface area contributed by atoms with Gasteiger partial charge in [-0.3, -0.25) is 4.79 Å². The predicted molar refractivity (Wildman–Crippen MR) is 122 cm³/mol. The fourth-order valence-electron chi connectivity index (χ4n) is 4.51. The first-order valence-corrected chi connectivity index (χ1v) is 11.1. The number of carbonyl (C=O) groups excluding carboxylic acids is 1. The van der Waals surface area contributed by atoms with Gasteiger partial charge in [0.15, 0.2) is 5.79 Å². The second-order valence-corrected chi connectivity index (χ2v) is 8.87. The number of amides is 1. The van der Waals surface area contributed by atoms with Crippen LogP contribution in [0.4, 0.5) is 10.1 Å². The molecule has 0 aromatic heterocycles. The summed E-state index contributed by atoms with van der Waals surface area (Å²) in [6.07, 6.45) is -0.344. The van der Waals surface area contributed by atoms with Crippen molar-refractivity contribution in [3.63, 3.8) is 0 Å². The third kappa shape index (κ3) is 4.36. The molecule has 5 nitrogen and oxygen atoms in total. The highest BCUT2D eigenvalue weighted by atomic mass is 19.1. The Morgan fingerprint density at radius 2 is 1.70 bits per heavy atom. The van der Waals surface area contributed by atoms with Crippen LogP contribution in [0, 0.1) is 11.7 Å². The molecule has 3 aromatic rings. The molecular formula is C27H26FNO4. The van der Waals surface area contributed by atoms with Crippen LogP contribution in [0.1, 0.15) is 31.0 Å². The zero-order valence-electron chi connectivity index (χ0n) is 18.6. The lowest BCUT2D eigenvalue weighted by Gasteiger charge is -2.49. The molecule has 2 aliphatic rings. The van der Waals surface area contributed by atoms with Crippen molar-refractivity contribution in [2.75, 3.05) is 11.5 Å². The third-order valence-electron chi connectivity index (χ3n) is 6.15. The van der Waals surface area contributed by atoms with Gasteiger partial charge >= 0.3 is 0 Å². The lowest BCUT2D eigenvalue weighted by Crippen LogP contribution is -2.60. The molecule has 6 heteroatoms. The second-order valence-electron chi connectivity index (χ2n) is 8.87. The Morgan fingerprint density at radius 1 is 1.00 bits per heavy atom. The number of hydrogen-bond acceptors (Lipinski definition) is 4. The van der Waals surface area contributed by atoms with Gasteiger partial charge in [0.05, 0.1) is 24.7 Å². The van der Waals surface area contributed by atoms with Gasteiger partial charge in [0, 0.05) is 5.69 Å². The number of rotatable bonds is 6. The molecule has 2 fully saturated rings. The number of nitrogens with zero attached hydrogens (tertiary/aromatic N) is 1. The van der Waals surface area contributed by atoms with E-state index in [0.29, 0.717) is 18.9 Å². The van der Waals surface area contributed by atoms with Crippen molar-refractivity contribution >= 4 is 11.6 Å². The van der Waals surface area contributed by atoms with E-state index in [9.17, 15) is 9.18 Å². The largest absolute Gasteiger partial charge is 0.489 e. The number of carbonyl (C=O) groups is 1. The van der Waals surface area contributed by atoms with Gasteiger partial charge in [0.1, 0.15) is 18.2 Å². The topological polar surface area (TPSA) is 48.0 Å². The molecule has 0 radical (unpaired) electrons. The van der Waals surface area contributed by atoms with Crippen LogP contribution in [0.5, 0.6) is 5.75 Å². The highest BCUT2D eigenvalue weighted by Gasteiger charge is 2.55. The van der Waals surface area contributed by atoms with Crippen molar-refractivity contribution in [2.45, 2.75) is 38.4 Å². The summed E-state index contributed by atoms with van der Waals surface area (Å²) < 4.78 is 31.2. The van der Waals surface area contributed by atoms with Gasteiger partial charge in [-0.15, -0.1) is 0 Å². The van der Waals surface area contributed by atoms with Crippen molar-refractivity contribution in [2.24, 2.45) is 5.92 Å². The van der Waals surface area contributed by atoms with E-state index in [1.165, 1.54) is 12.1 Å². The molecule has 170 valence electrons. The Kier molecular flexibility index (Phi) is 5.64. The summed E-state index contributed by atoms with van der Waals surface area (Å²) in [6, 6.07) is 23.5. The lowest BCUT2D eigenvalue weighted by atomic mass is 9.78. The summed E-state index contributed by atoms with van der Waals surface area (Å²) in [4.78, 5) is 14.9. The van der Waals surface area contributed by atoms with Crippen molar-refractivity contribution in [1.82, 2.24) is 0 Å². The fraction of sp³-hybridized carbons (Fsp3) is 0.296. The molecule has 2 saturated heterocycles. The fourth-order valence-corrected chi connectivity index (χ4v) is 4.51. The average Bonchev–Trinajstić information content (AvgIpc) is 3.17. The van der Waals surface area contributed by atoms with Crippen LogP contribution in [-0.4, -0.2) is 24.4 Å². The third-order valence-corrected chi connectivity index (χ3v) is 6.15. The summed E-state index contributed by atoms with van der Waals surface area (Å²) in [5.41, 5.74) is 2.71. The van der Waals surface area contributed by atoms with Crippen LogP contribution in [-0.2, 0) is 20.9 Å². The van der Waals surface area contributed by atoms with Gasteiger partial charge in [0.2, 0.25) is 5.91 Å². The Balaban J connectivity index is 1.38. The minimum absolute atomic E-state index is 0.0534. The minimum atomic E-state index is -0.721. The van der Waals surface area contributed by atoms with Crippen LogP contribution in [0.2, 0.25) is 0 Å². The molecule has 0 aliphatic carbocycles. The van der Waals surface area contributed by atoms with E-state index >= 15 is 0 Å². The van der Waals surface area contributed by atoms with Crippen molar-refractivity contribution in [1.29, 1.82) is 0 Å². The van der Waals surface area contributed by atoms with E-state index in [-0.39, 0.29) is 29.8 Å². The Labute approximate surface area is 192 Å². The average molecular weight is 448 g/mol. The van der Waals surface area contributed by atoms with Crippen LogP contribution in [0.15, 0.2) is 78.9 Å². The molecule has 0 spiro atoms. The maximum absolute atomic E-state index is 13.5. The van der Waals surface area contributed by atoms with Gasteiger partial charge in [-0.25, -0.2) is 4.39 Å². The highest BCUT2D eigenvalue weighted by Crippen LogP contribution is 2.48. The van der Waals surface area contributed by atoms with Crippen LogP contribution >= 0.6 is 0 Å². The first-order chi connectivity index (χ1) is 15.9. The molecule has 0 bridgehead atoms. The van der Waals surface area contributed by atoms with E-state index in [2.05, 4.69) is 0 Å². The van der Waals surface area contributed by atoms with E-state index in [1.54, 1.807) is 17.0 Å². The first-order valence-electron chi connectivity index (χ1n) is 11.1. The van der Waals surface area contributed by atoms with Crippen molar-refractivity contribution in [3.8, 4) is 5.75 Å². The van der Waals surface area contributed by atoms with Gasteiger partial charge in [-0.1, -0.05) is 42.5 Å². The van der Waals surface area contributed by atoms with Crippen LogP contribution in [0.25, 0.3) is 0 Å². The number of benzene rings is 3. The molecule has 3 atom stereocenters. The highest BCUT2D eigenvalue weighted by molar-refractivity contribution is 6.03. The monoisotopic (exact) mass is 447 g/mol.